The predicted octanol–water partition coefficient (Wildman–Crippen LogP) is 4.04. The molecule has 20 heavy (non-hydrogen) atoms. The average Bonchev–Trinajstić information content (AvgIpc) is 2.81. The Kier molecular flexibility index (Phi) is 3.79. The molecular formula is C16H21Cl2NO. The number of ether oxygens (including phenoxy) is 1. The van der Waals surface area contributed by atoms with Crippen molar-refractivity contribution in [1.82, 2.24) is 5.32 Å². The summed E-state index contributed by atoms with van der Waals surface area (Å²) in [7, 11) is 1.79. The van der Waals surface area contributed by atoms with E-state index < -0.39 is 0 Å². The van der Waals surface area contributed by atoms with Crippen molar-refractivity contribution in [2.24, 2.45) is 5.41 Å². The zero-order chi connectivity index (χ0) is 14.4. The third-order valence-electron chi connectivity index (χ3n) is 5.39. The number of hydrogen-bond donors (Lipinski definition) is 1. The van der Waals surface area contributed by atoms with E-state index in [0.717, 1.165) is 19.6 Å². The molecule has 2 aliphatic rings. The van der Waals surface area contributed by atoms with Crippen LogP contribution in [0.25, 0.3) is 0 Å². The summed E-state index contributed by atoms with van der Waals surface area (Å²) in [5, 5.41) is 4.95. The van der Waals surface area contributed by atoms with Crippen LogP contribution in [0, 0.1) is 5.41 Å². The van der Waals surface area contributed by atoms with E-state index in [1.54, 1.807) is 7.11 Å². The Bertz CT molecular complexity index is 521. The number of hydrogen-bond acceptors (Lipinski definition) is 2. The quantitative estimate of drug-likeness (QED) is 0.909. The summed E-state index contributed by atoms with van der Waals surface area (Å²) in [5.74, 6) is 0. The van der Waals surface area contributed by atoms with E-state index in [2.05, 4.69) is 24.4 Å². The minimum atomic E-state index is 0.0892. The fourth-order valence-corrected chi connectivity index (χ4v) is 4.52. The van der Waals surface area contributed by atoms with Gasteiger partial charge >= 0.3 is 0 Å². The van der Waals surface area contributed by atoms with Crippen LogP contribution in [0.15, 0.2) is 18.2 Å². The van der Waals surface area contributed by atoms with E-state index in [0.29, 0.717) is 16.1 Å². The number of halogens is 2. The van der Waals surface area contributed by atoms with Gasteiger partial charge in [0, 0.05) is 30.5 Å². The molecule has 2 fully saturated rings. The van der Waals surface area contributed by atoms with Crippen LogP contribution in [-0.2, 0) is 10.2 Å². The largest absolute Gasteiger partial charge is 0.384 e. The Morgan fingerprint density at radius 3 is 2.85 bits per heavy atom. The summed E-state index contributed by atoms with van der Waals surface area (Å²) in [6, 6.07) is 6.76. The number of rotatable bonds is 3. The van der Waals surface area contributed by atoms with E-state index in [-0.39, 0.29) is 10.8 Å². The van der Waals surface area contributed by atoms with Gasteiger partial charge < -0.3 is 10.1 Å². The molecule has 0 radical (unpaired) electrons. The molecule has 0 unspecified atom stereocenters. The maximum absolute atomic E-state index is 6.26. The van der Waals surface area contributed by atoms with Gasteiger partial charge in [-0.25, -0.2) is 0 Å². The second-order valence-corrected chi connectivity index (χ2v) is 7.34. The average molecular weight is 314 g/mol. The van der Waals surface area contributed by atoms with Gasteiger partial charge in [-0.05, 0) is 37.0 Å². The van der Waals surface area contributed by atoms with Crippen LogP contribution < -0.4 is 5.32 Å². The highest BCUT2D eigenvalue weighted by Crippen LogP contribution is 2.56. The van der Waals surface area contributed by atoms with Crippen molar-refractivity contribution in [2.75, 3.05) is 20.3 Å². The van der Waals surface area contributed by atoms with Gasteiger partial charge in [0.25, 0.3) is 0 Å². The van der Waals surface area contributed by atoms with Crippen LogP contribution in [0.2, 0.25) is 10.0 Å². The lowest BCUT2D eigenvalue weighted by atomic mass is 9.58. The maximum Gasteiger partial charge on any atom is 0.0595 e. The first-order chi connectivity index (χ1) is 9.51. The van der Waals surface area contributed by atoms with Gasteiger partial charge in [-0.15, -0.1) is 0 Å². The molecule has 1 aliphatic heterocycles. The van der Waals surface area contributed by atoms with Gasteiger partial charge in [0.05, 0.1) is 16.7 Å². The maximum atomic E-state index is 6.26. The highest BCUT2D eigenvalue weighted by molar-refractivity contribution is 6.42. The van der Waals surface area contributed by atoms with Crippen molar-refractivity contribution >= 4 is 23.2 Å². The van der Waals surface area contributed by atoms with Crippen LogP contribution in [0.1, 0.15) is 31.7 Å². The van der Waals surface area contributed by atoms with Crippen molar-refractivity contribution in [3.8, 4) is 0 Å². The SMILES string of the molecule is COC[C@@]1(C)CN[C@@H]2CC[C@]1(c1ccc(Cl)c(Cl)c1)C2. The molecule has 1 aromatic carbocycles. The highest BCUT2D eigenvalue weighted by atomic mass is 35.5. The predicted molar refractivity (Wildman–Crippen MR) is 83.8 cm³/mol. The van der Waals surface area contributed by atoms with Gasteiger partial charge in [-0.3, -0.25) is 0 Å². The van der Waals surface area contributed by atoms with Crippen LogP contribution >= 0.6 is 23.2 Å². The van der Waals surface area contributed by atoms with Crippen LogP contribution in [-0.4, -0.2) is 26.3 Å². The molecule has 0 spiro atoms. The standard InChI is InChI=1S/C16H21Cl2NO/c1-15(10-20-2)9-19-12-5-6-16(15,8-12)11-3-4-13(17)14(18)7-11/h3-4,7,12,19H,5-6,8-10H2,1-2H3/t12-,15-,16-/m1/s1. The molecule has 1 saturated heterocycles. The smallest absolute Gasteiger partial charge is 0.0595 e. The molecule has 0 amide bonds. The molecule has 1 aliphatic carbocycles. The lowest BCUT2D eigenvalue weighted by molar-refractivity contribution is 0.0109. The van der Waals surface area contributed by atoms with E-state index in [9.17, 15) is 0 Å². The Morgan fingerprint density at radius 1 is 1.35 bits per heavy atom. The molecule has 3 atom stereocenters. The second kappa shape index (κ2) is 5.17. The number of fused-ring (bicyclic) bond motifs is 2. The molecule has 4 heteroatoms. The number of methoxy groups -OCH3 is 1. The van der Waals surface area contributed by atoms with E-state index >= 15 is 0 Å². The minimum absolute atomic E-state index is 0.0892. The van der Waals surface area contributed by atoms with Crippen molar-refractivity contribution in [3.63, 3.8) is 0 Å². The number of nitrogens with one attached hydrogen (secondary N) is 1. The Morgan fingerprint density at radius 2 is 2.15 bits per heavy atom. The fourth-order valence-electron chi connectivity index (χ4n) is 4.22. The van der Waals surface area contributed by atoms with Gasteiger partial charge in [0.2, 0.25) is 0 Å². The summed E-state index contributed by atoms with van der Waals surface area (Å²) in [6.07, 6.45) is 3.56. The Labute approximate surface area is 130 Å². The topological polar surface area (TPSA) is 21.3 Å². The number of benzene rings is 1. The van der Waals surface area contributed by atoms with Crippen LogP contribution in [0.5, 0.6) is 0 Å². The van der Waals surface area contributed by atoms with E-state index in [4.69, 9.17) is 27.9 Å². The van der Waals surface area contributed by atoms with Crippen molar-refractivity contribution < 1.29 is 4.74 Å². The third-order valence-corrected chi connectivity index (χ3v) is 6.12. The summed E-state index contributed by atoms with van der Waals surface area (Å²) in [4.78, 5) is 0. The van der Waals surface area contributed by atoms with Gasteiger partial charge in [0.1, 0.15) is 0 Å². The monoisotopic (exact) mass is 313 g/mol. The molecule has 1 aromatic rings. The molecule has 1 heterocycles. The van der Waals surface area contributed by atoms with Crippen molar-refractivity contribution in [3.05, 3.63) is 33.8 Å². The van der Waals surface area contributed by atoms with E-state index in [1.807, 2.05) is 6.07 Å². The molecular weight excluding hydrogens is 293 g/mol. The first kappa shape index (κ1) is 14.6. The van der Waals surface area contributed by atoms with Crippen molar-refractivity contribution in [2.45, 2.75) is 37.6 Å². The summed E-state index contributed by atoms with van der Waals surface area (Å²) < 4.78 is 5.54. The van der Waals surface area contributed by atoms with Crippen molar-refractivity contribution in [1.29, 1.82) is 0 Å². The first-order valence-electron chi connectivity index (χ1n) is 7.19. The lowest BCUT2D eigenvalue weighted by Gasteiger charge is -2.50. The summed E-state index contributed by atoms with van der Waals surface area (Å²) in [5.41, 5.74) is 1.55. The van der Waals surface area contributed by atoms with Crippen LogP contribution in [0.4, 0.5) is 0 Å². The lowest BCUT2D eigenvalue weighted by Crippen LogP contribution is -2.56. The van der Waals surface area contributed by atoms with Gasteiger partial charge in [-0.2, -0.15) is 0 Å². The molecule has 1 N–H and O–H groups in total. The Balaban J connectivity index is 2.07. The normalized spacial score (nSPS) is 36.3. The molecule has 2 nitrogen and oxygen atoms in total. The molecule has 1 saturated carbocycles. The zero-order valence-corrected chi connectivity index (χ0v) is 13.5. The molecule has 0 aromatic heterocycles. The Hall–Kier alpha value is -0.280. The van der Waals surface area contributed by atoms with Gasteiger partial charge in [0.15, 0.2) is 0 Å². The van der Waals surface area contributed by atoms with E-state index in [1.165, 1.54) is 18.4 Å². The molecule has 3 rings (SSSR count). The first-order valence-corrected chi connectivity index (χ1v) is 7.94. The summed E-state index contributed by atoms with van der Waals surface area (Å²) in [6.45, 7) is 4.08. The summed E-state index contributed by atoms with van der Waals surface area (Å²) >= 11 is 12.3. The molecule has 2 bridgehead atoms. The minimum Gasteiger partial charge on any atom is -0.384 e. The fraction of sp³-hybridized carbons (Fsp3) is 0.625. The van der Waals surface area contributed by atoms with Gasteiger partial charge in [-0.1, -0.05) is 36.2 Å². The molecule has 110 valence electrons. The van der Waals surface area contributed by atoms with Crippen LogP contribution in [0.3, 0.4) is 0 Å². The number of piperidine rings is 1. The third kappa shape index (κ3) is 2.09. The highest BCUT2D eigenvalue weighted by Gasteiger charge is 2.56. The zero-order valence-electron chi connectivity index (χ0n) is 12.0. The second-order valence-electron chi connectivity index (χ2n) is 6.53.